The highest BCUT2D eigenvalue weighted by Crippen LogP contribution is 2.14. The molecule has 0 radical (unpaired) electrons. The molecule has 0 saturated heterocycles. The van der Waals surface area contributed by atoms with Crippen molar-refractivity contribution in [1.29, 1.82) is 0 Å². The van der Waals surface area contributed by atoms with Crippen molar-refractivity contribution in [2.45, 2.75) is 52.2 Å². The number of carbonyl (C=O) groups is 2. The molecule has 112 valence electrons. The Kier molecular flexibility index (Phi) is 6.51. The molecule has 0 unspecified atom stereocenters. The number of rotatable bonds is 7. The normalized spacial score (nSPS) is 12.2. The number of nitrogens with zero attached hydrogens (tertiary/aromatic N) is 1. The number of hydrogen-bond acceptors (Lipinski definition) is 3. The van der Waals surface area contributed by atoms with E-state index in [2.05, 4.69) is 5.32 Å². The van der Waals surface area contributed by atoms with Crippen LogP contribution in [0.3, 0.4) is 0 Å². The third kappa shape index (κ3) is 4.85. The molecule has 0 aliphatic rings. The van der Waals surface area contributed by atoms with Crippen molar-refractivity contribution in [2.24, 2.45) is 0 Å². The van der Waals surface area contributed by atoms with Gasteiger partial charge in [-0.05, 0) is 31.7 Å². The molecule has 1 atom stereocenters. The molecule has 6 heteroatoms. The summed E-state index contributed by atoms with van der Waals surface area (Å²) in [7, 11) is 0. The third-order valence-corrected chi connectivity index (χ3v) is 3.82. The summed E-state index contributed by atoms with van der Waals surface area (Å²) in [5, 5.41) is 13.7. The van der Waals surface area contributed by atoms with E-state index in [1.54, 1.807) is 16.2 Å². The number of urea groups is 1. The molecule has 0 bridgehead atoms. The molecule has 20 heavy (non-hydrogen) atoms. The van der Waals surface area contributed by atoms with E-state index < -0.39 is 12.0 Å². The number of carboxylic acid groups (broad SMARTS) is 1. The first-order valence-corrected chi connectivity index (χ1v) is 7.66. The van der Waals surface area contributed by atoms with Gasteiger partial charge in [0.15, 0.2) is 0 Å². The largest absolute Gasteiger partial charge is 0.480 e. The maximum absolute atomic E-state index is 12.3. The first-order valence-electron chi connectivity index (χ1n) is 6.78. The monoisotopic (exact) mass is 298 g/mol. The fraction of sp³-hybridized carbons (Fsp3) is 0.571. The average molecular weight is 298 g/mol. The minimum atomic E-state index is -0.986. The van der Waals surface area contributed by atoms with Crippen molar-refractivity contribution < 1.29 is 14.7 Å². The van der Waals surface area contributed by atoms with Gasteiger partial charge in [-0.2, -0.15) is 0 Å². The lowest BCUT2D eigenvalue weighted by Crippen LogP contribution is -2.49. The van der Waals surface area contributed by atoms with Gasteiger partial charge in [0.1, 0.15) is 6.04 Å². The molecule has 2 amide bonds. The zero-order valence-electron chi connectivity index (χ0n) is 12.1. The smallest absolute Gasteiger partial charge is 0.326 e. The maximum Gasteiger partial charge on any atom is 0.326 e. The van der Waals surface area contributed by atoms with Gasteiger partial charge in [-0.25, -0.2) is 9.59 Å². The van der Waals surface area contributed by atoms with Gasteiger partial charge in [0.25, 0.3) is 0 Å². The highest BCUT2D eigenvalue weighted by molar-refractivity contribution is 7.09. The molecule has 0 saturated carbocycles. The first kappa shape index (κ1) is 16.5. The summed E-state index contributed by atoms with van der Waals surface area (Å²) in [5.74, 6) is -0.986. The van der Waals surface area contributed by atoms with Crippen LogP contribution in [0.1, 0.15) is 38.5 Å². The summed E-state index contributed by atoms with van der Waals surface area (Å²) in [6.07, 6.45) is 1.15. The summed E-state index contributed by atoms with van der Waals surface area (Å²) in [4.78, 5) is 26.1. The third-order valence-electron chi connectivity index (χ3n) is 2.96. The maximum atomic E-state index is 12.3. The highest BCUT2D eigenvalue weighted by Gasteiger charge is 2.24. The van der Waals surface area contributed by atoms with E-state index in [0.717, 1.165) is 4.88 Å². The van der Waals surface area contributed by atoms with Crippen LogP contribution in [0.4, 0.5) is 4.79 Å². The van der Waals surface area contributed by atoms with Crippen molar-refractivity contribution in [2.75, 3.05) is 0 Å². The second kappa shape index (κ2) is 7.89. The molecule has 1 heterocycles. The Hall–Kier alpha value is -1.56. The van der Waals surface area contributed by atoms with E-state index >= 15 is 0 Å². The van der Waals surface area contributed by atoms with Gasteiger partial charge in [0.2, 0.25) is 0 Å². The number of thiophene rings is 1. The molecule has 1 aromatic rings. The Morgan fingerprint density at radius 1 is 1.45 bits per heavy atom. The lowest BCUT2D eigenvalue weighted by atomic mass is 10.2. The van der Waals surface area contributed by atoms with E-state index in [1.165, 1.54) is 0 Å². The van der Waals surface area contributed by atoms with Gasteiger partial charge in [-0.15, -0.1) is 11.3 Å². The number of carboxylic acids is 1. The summed E-state index contributed by atoms with van der Waals surface area (Å²) in [6.45, 7) is 6.24. The molecular formula is C14H22N2O3S. The lowest BCUT2D eigenvalue weighted by molar-refractivity contribution is -0.139. The Bertz CT molecular complexity index is 432. The molecular weight excluding hydrogens is 276 g/mol. The zero-order chi connectivity index (χ0) is 15.1. The van der Waals surface area contributed by atoms with Crippen LogP contribution in [0, 0.1) is 0 Å². The number of carbonyl (C=O) groups excluding carboxylic acids is 1. The van der Waals surface area contributed by atoms with Crippen LogP contribution < -0.4 is 5.32 Å². The summed E-state index contributed by atoms with van der Waals surface area (Å²) in [6, 6.07) is 2.77. The first-order chi connectivity index (χ1) is 9.45. The van der Waals surface area contributed by atoms with E-state index in [1.807, 2.05) is 38.3 Å². The van der Waals surface area contributed by atoms with Crippen molar-refractivity contribution in [3.63, 3.8) is 0 Å². The van der Waals surface area contributed by atoms with Crippen LogP contribution in [0.5, 0.6) is 0 Å². The van der Waals surface area contributed by atoms with Crippen LogP contribution in [0.25, 0.3) is 0 Å². The molecule has 0 spiro atoms. The second-order valence-electron chi connectivity index (χ2n) is 4.93. The van der Waals surface area contributed by atoms with Crippen LogP contribution in [0.15, 0.2) is 17.5 Å². The Balaban J connectivity index is 2.70. The van der Waals surface area contributed by atoms with E-state index in [9.17, 15) is 9.59 Å². The summed E-state index contributed by atoms with van der Waals surface area (Å²) < 4.78 is 0. The minimum Gasteiger partial charge on any atom is -0.480 e. The van der Waals surface area contributed by atoms with Gasteiger partial charge in [-0.1, -0.05) is 19.4 Å². The fourth-order valence-electron chi connectivity index (χ4n) is 1.84. The summed E-state index contributed by atoms with van der Waals surface area (Å²) in [5.41, 5.74) is 0. The van der Waals surface area contributed by atoms with Gasteiger partial charge >= 0.3 is 12.0 Å². The average Bonchev–Trinajstić information content (AvgIpc) is 2.87. The SMILES string of the molecule is CCC[C@@H](NC(=O)N(Cc1cccs1)C(C)C)C(=O)O. The van der Waals surface area contributed by atoms with Crippen molar-refractivity contribution in [3.8, 4) is 0 Å². The lowest BCUT2D eigenvalue weighted by Gasteiger charge is -2.28. The molecule has 0 fully saturated rings. The molecule has 0 aliphatic carbocycles. The van der Waals surface area contributed by atoms with Crippen molar-refractivity contribution in [1.82, 2.24) is 10.2 Å². The number of nitrogens with one attached hydrogen (secondary N) is 1. The molecule has 2 N–H and O–H groups in total. The van der Waals surface area contributed by atoms with Crippen LogP contribution >= 0.6 is 11.3 Å². The molecule has 0 aliphatic heterocycles. The van der Waals surface area contributed by atoms with Crippen LogP contribution in [-0.2, 0) is 11.3 Å². The van der Waals surface area contributed by atoms with Gasteiger partial charge in [0.05, 0.1) is 6.54 Å². The Morgan fingerprint density at radius 2 is 2.15 bits per heavy atom. The van der Waals surface area contributed by atoms with Crippen LogP contribution in [-0.4, -0.2) is 34.1 Å². The zero-order valence-corrected chi connectivity index (χ0v) is 12.9. The topological polar surface area (TPSA) is 69.6 Å². The minimum absolute atomic E-state index is 0.00757. The van der Waals surface area contributed by atoms with E-state index in [-0.39, 0.29) is 12.1 Å². The highest BCUT2D eigenvalue weighted by atomic mass is 32.1. The molecule has 5 nitrogen and oxygen atoms in total. The van der Waals surface area contributed by atoms with E-state index in [4.69, 9.17) is 5.11 Å². The fourth-order valence-corrected chi connectivity index (χ4v) is 2.54. The second-order valence-corrected chi connectivity index (χ2v) is 5.96. The number of hydrogen-bond donors (Lipinski definition) is 2. The van der Waals surface area contributed by atoms with Gasteiger partial charge in [0, 0.05) is 10.9 Å². The molecule has 1 aromatic heterocycles. The predicted molar refractivity (Wildman–Crippen MR) is 79.9 cm³/mol. The van der Waals surface area contributed by atoms with Crippen molar-refractivity contribution >= 4 is 23.3 Å². The standard InChI is InChI=1S/C14H22N2O3S/c1-4-6-12(13(17)18)15-14(19)16(10(2)3)9-11-7-5-8-20-11/h5,7-8,10,12H,4,6,9H2,1-3H3,(H,15,19)(H,17,18)/t12-/m1/s1. The number of aliphatic carboxylic acids is 1. The number of amides is 2. The van der Waals surface area contributed by atoms with Gasteiger partial charge in [-0.3, -0.25) is 0 Å². The molecule has 1 rings (SSSR count). The van der Waals surface area contributed by atoms with Crippen molar-refractivity contribution in [3.05, 3.63) is 22.4 Å². The summed E-state index contributed by atoms with van der Waals surface area (Å²) >= 11 is 1.58. The Morgan fingerprint density at radius 3 is 2.60 bits per heavy atom. The van der Waals surface area contributed by atoms with Crippen LogP contribution in [0.2, 0.25) is 0 Å². The van der Waals surface area contributed by atoms with E-state index in [0.29, 0.717) is 19.4 Å². The molecule has 0 aromatic carbocycles. The Labute approximate surface area is 123 Å². The quantitative estimate of drug-likeness (QED) is 0.813. The predicted octanol–water partition coefficient (Wildman–Crippen LogP) is 2.92. The van der Waals surface area contributed by atoms with Gasteiger partial charge < -0.3 is 15.3 Å².